The number of piperidine rings is 1. The van der Waals surface area contributed by atoms with Crippen LogP contribution >= 0.6 is 0 Å². The Bertz CT molecular complexity index is 236. The molecular formula is C13H24N2O. The van der Waals surface area contributed by atoms with Crippen LogP contribution in [0.3, 0.4) is 0 Å². The molecule has 3 heteroatoms. The van der Waals surface area contributed by atoms with Gasteiger partial charge in [0.1, 0.15) is 0 Å². The summed E-state index contributed by atoms with van der Waals surface area (Å²) in [5.41, 5.74) is 0. The molecule has 1 aliphatic heterocycles. The molecule has 0 aromatic heterocycles. The predicted molar refractivity (Wildman–Crippen MR) is 65.2 cm³/mol. The van der Waals surface area contributed by atoms with Crippen LogP contribution in [-0.4, -0.2) is 24.5 Å². The zero-order valence-corrected chi connectivity index (χ0v) is 10.3. The normalized spacial score (nSPS) is 35.7. The monoisotopic (exact) mass is 224 g/mol. The summed E-state index contributed by atoms with van der Waals surface area (Å²) in [5.74, 6) is 0.889. The molecule has 3 atom stereocenters. The van der Waals surface area contributed by atoms with Crippen molar-refractivity contribution >= 4 is 5.91 Å². The fourth-order valence-corrected chi connectivity index (χ4v) is 2.89. The maximum atomic E-state index is 12.0. The molecule has 2 unspecified atom stereocenters. The van der Waals surface area contributed by atoms with Gasteiger partial charge >= 0.3 is 0 Å². The number of carbonyl (C=O) groups is 1. The molecule has 16 heavy (non-hydrogen) atoms. The van der Waals surface area contributed by atoms with Crippen molar-refractivity contribution in [2.45, 2.75) is 64.0 Å². The minimum atomic E-state index is 0.0721. The third-order valence-electron chi connectivity index (χ3n) is 4.07. The molecule has 2 fully saturated rings. The fraction of sp³-hybridized carbons (Fsp3) is 0.923. The van der Waals surface area contributed by atoms with E-state index in [1.54, 1.807) is 0 Å². The van der Waals surface area contributed by atoms with E-state index >= 15 is 0 Å². The topological polar surface area (TPSA) is 41.1 Å². The zero-order valence-electron chi connectivity index (χ0n) is 10.3. The van der Waals surface area contributed by atoms with Crippen LogP contribution in [0.4, 0.5) is 0 Å². The van der Waals surface area contributed by atoms with Crippen LogP contribution in [0.15, 0.2) is 0 Å². The summed E-state index contributed by atoms with van der Waals surface area (Å²) in [5, 5.41) is 6.55. The molecule has 92 valence electrons. The van der Waals surface area contributed by atoms with E-state index in [0.717, 1.165) is 13.0 Å². The highest BCUT2D eigenvalue weighted by molar-refractivity contribution is 5.82. The molecule has 0 bridgehead atoms. The van der Waals surface area contributed by atoms with E-state index in [1.807, 2.05) is 0 Å². The molecule has 1 amide bonds. The minimum absolute atomic E-state index is 0.0721. The summed E-state index contributed by atoms with van der Waals surface area (Å²) < 4.78 is 0. The lowest BCUT2D eigenvalue weighted by Gasteiger charge is -2.32. The van der Waals surface area contributed by atoms with Gasteiger partial charge in [-0.1, -0.05) is 26.2 Å². The highest BCUT2D eigenvalue weighted by atomic mass is 16.2. The van der Waals surface area contributed by atoms with Crippen LogP contribution in [0, 0.1) is 5.92 Å². The van der Waals surface area contributed by atoms with Gasteiger partial charge in [-0.25, -0.2) is 0 Å². The number of hydrogen-bond acceptors (Lipinski definition) is 2. The predicted octanol–water partition coefficient (Wildman–Crippen LogP) is 1.82. The summed E-state index contributed by atoms with van der Waals surface area (Å²) in [6.45, 7) is 3.26. The van der Waals surface area contributed by atoms with E-state index in [4.69, 9.17) is 0 Å². The molecule has 0 aromatic carbocycles. The Morgan fingerprint density at radius 1 is 1.12 bits per heavy atom. The van der Waals surface area contributed by atoms with Gasteiger partial charge in [0.15, 0.2) is 0 Å². The molecule has 2 N–H and O–H groups in total. The van der Waals surface area contributed by atoms with Crippen molar-refractivity contribution in [1.82, 2.24) is 10.6 Å². The molecule has 1 heterocycles. The number of nitrogens with one attached hydrogen (secondary N) is 2. The number of amides is 1. The number of carbonyl (C=O) groups excluding carboxylic acids is 1. The van der Waals surface area contributed by atoms with Crippen LogP contribution in [0.1, 0.15) is 51.9 Å². The minimum Gasteiger partial charge on any atom is -0.352 e. The first-order valence-electron chi connectivity index (χ1n) is 6.81. The van der Waals surface area contributed by atoms with Crippen LogP contribution in [0.2, 0.25) is 0 Å². The lowest BCUT2D eigenvalue weighted by molar-refractivity contribution is -0.125. The van der Waals surface area contributed by atoms with Crippen molar-refractivity contribution in [3.8, 4) is 0 Å². The Balaban J connectivity index is 1.80. The molecule has 0 aromatic rings. The second kappa shape index (κ2) is 5.67. The summed E-state index contributed by atoms with van der Waals surface area (Å²) in [6, 6.07) is 0.493. The highest BCUT2D eigenvalue weighted by Gasteiger charge is 2.26. The molecule has 1 aliphatic carbocycles. The van der Waals surface area contributed by atoms with Crippen molar-refractivity contribution in [2.75, 3.05) is 6.54 Å². The Kier molecular flexibility index (Phi) is 4.22. The van der Waals surface area contributed by atoms with Gasteiger partial charge in [-0.2, -0.15) is 0 Å². The van der Waals surface area contributed by atoms with E-state index in [-0.39, 0.29) is 11.9 Å². The van der Waals surface area contributed by atoms with E-state index in [2.05, 4.69) is 17.6 Å². The van der Waals surface area contributed by atoms with Crippen LogP contribution < -0.4 is 10.6 Å². The molecule has 2 rings (SSSR count). The zero-order chi connectivity index (χ0) is 11.4. The highest BCUT2D eigenvalue weighted by Crippen LogP contribution is 2.23. The quantitative estimate of drug-likeness (QED) is 0.751. The van der Waals surface area contributed by atoms with Gasteiger partial charge in [-0.05, 0) is 38.1 Å². The van der Waals surface area contributed by atoms with Crippen molar-refractivity contribution in [3.05, 3.63) is 0 Å². The lowest BCUT2D eigenvalue weighted by Crippen LogP contribution is -2.51. The van der Waals surface area contributed by atoms with Crippen molar-refractivity contribution in [2.24, 2.45) is 5.92 Å². The number of rotatable bonds is 2. The second-order valence-electron chi connectivity index (χ2n) is 5.38. The second-order valence-corrected chi connectivity index (χ2v) is 5.38. The smallest absolute Gasteiger partial charge is 0.237 e. The van der Waals surface area contributed by atoms with Crippen molar-refractivity contribution in [3.63, 3.8) is 0 Å². The van der Waals surface area contributed by atoms with Gasteiger partial charge in [-0.15, -0.1) is 0 Å². The standard InChI is InChI=1S/C13H24N2O/c1-10-6-2-3-7-11(10)15-13(16)12-8-4-5-9-14-12/h10-12,14H,2-9H2,1H3,(H,15,16)/t10?,11?,12-/m0/s1. The Hall–Kier alpha value is -0.570. The van der Waals surface area contributed by atoms with E-state index in [9.17, 15) is 4.79 Å². The third-order valence-corrected chi connectivity index (χ3v) is 4.07. The van der Waals surface area contributed by atoms with E-state index in [0.29, 0.717) is 12.0 Å². The van der Waals surface area contributed by atoms with Crippen LogP contribution in [-0.2, 0) is 4.79 Å². The van der Waals surface area contributed by atoms with E-state index < -0.39 is 0 Å². The molecule has 2 aliphatic rings. The SMILES string of the molecule is CC1CCCCC1NC(=O)[C@@H]1CCCCN1. The first-order chi connectivity index (χ1) is 7.77. The maximum Gasteiger partial charge on any atom is 0.237 e. The van der Waals surface area contributed by atoms with Gasteiger partial charge in [0.2, 0.25) is 5.91 Å². The van der Waals surface area contributed by atoms with Crippen molar-refractivity contribution in [1.29, 1.82) is 0 Å². The maximum absolute atomic E-state index is 12.0. The summed E-state index contributed by atoms with van der Waals surface area (Å²) in [7, 11) is 0. The van der Waals surface area contributed by atoms with E-state index in [1.165, 1.54) is 38.5 Å². The van der Waals surface area contributed by atoms with Gasteiger partial charge < -0.3 is 10.6 Å². The lowest BCUT2D eigenvalue weighted by atomic mass is 9.85. The largest absolute Gasteiger partial charge is 0.352 e. The summed E-state index contributed by atoms with van der Waals surface area (Å²) in [6.07, 6.45) is 8.44. The van der Waals surface area contributed by atoms with Crippen molar-refractivity contribution < 1.29 is 4.79 Å². The molecular weight excluding hydrogens is 200 g/mol. The molecule has 3 nitrogen and oxygen atoms in total. The molecule has 1 saturated carbocycles. The molecule has 1 saturated heterocycles. The van der Waals surface area contributed by atoms with Gasteiger partial charge in [0.05, 0.1) is 6.04 Å². The fourth-order valence-electron chi connectivity index (χ4n) is 2.89. The van der Waals surface area contributed by atoms with Gasteiger partial charge in [0.25, 0.3) is 0 Å². The first-order valence-corrected chi connectivity index (χ1v) is 6.81. The Morgan fingerprint density at radius 3 is 2.56 bits per heavy atom. The van der Waals surface area contributed by atoms with Crippen LogP contribution in [0.25, 0.3) is 0 Å². The summed E-state index contributed by atoms with van der Waals surface area (Å²) >= 11 is 0. The van der Waals surface area contributed by atoms with Gasteiger partial charge in [0, 0.05) is 6.04 Å². The first kappa shape index (κ1) is 11.9. The summed E-state index contributed by atoms with van der Waals surface area (Å²) in [4.78, 5) is 12.0. The molecule has 0 spiro atoms. The number of hydrogen-bond donors (Lipinski definition) is 2. The Labute approximate surface area is 98.4 Å². The average molecular weight is 224 g/mol. The third kappa shape index (κ3) is 2.97. The van der Waals surface area contributed by atoms with Gasteiger partial charge in [-0.3, -0.25) is 4.79 Å². The average Bonchev–Trinajstić information content (AvgIpc) is 2.33. The Morgan fingerprint density at radius 2 is 1.88 bits per heavy atom. The van der Waals surface area contributed by atoms with Crippen LogP contribution in [0.5, 0.6) is 0 Å². The molecule has 0 radical (unpaired) electrons.